The van der Waals surface area contributed by atoms with Crippen molar-refractivity contribution >= 4 is 0 Å². The van der Waals surface area contributed by atoms with Crippen molar-refractivity contribution in [2.24, 2.45) is 5.84 Å². The summed E-state index contributed by atoms with van der Waals surface area (Å²) in [6, 6.07) is 13.0. The van der Waals surface area contributed by atoms with E-state index in [1.54, 1.807) is 6.20 Å². The van der Waals surface area contributed by atoms with Crippen molar-refractivity contribution in [3.8, 4) is 0 Å². The Morgan fingerprint density at radius 2 is 2.05 bits per heavy atom. The van der Waals surface area contributed by atoms with Crippen LogP contribution in [0.3, 0.4) is 0 Å². The van der Waals surface area contributed by atoms with Crippen LogP contribution in [0.25, 0.3) is 0 Å². The fraction of sp³-hybridized carbons (Fsp3) is 0.312. The summed E-state index contributed by atoms with van der Waals surface area (Å²) in [5.41, 5.74) is 6.80. The molecule has 2 rings (SSSR count). The topological polar surface area (TPSA) is 50.9 Å². The second-order valence-electron chi connectivity index (χ2n) is 4.96. The average molecular weight is 255 g/mol. The zero-order valence-electron chi connectivity index (χ0n) is 11.3. The molecule has 19 heavy (non-hydrogen) atoms. The van der Waals surface area contributed by atoms with E-state index in [-0.39, 0.29) is 6.04 Å². The molecule has 1 unspecified atom stereocenters. The number of aryl methyl sites for hydroxylation is 2. The fourth-order valence-corrected chi connectivity index (χ4v) is 2.26. The van der Waals surface area contributed by atoms with E-state index in [0.29, 0.717) is 0 Å². The summed E-state index contributed by atoms with van der Waals surface area (Å²) in [5, 5.41) is 0. The van der Waals surface area contributed by atoms with Crippen LogP contribution < -0.4 is 11.3 Å². The maximum atomic E-state index is 5.64. The molecule has 100 valence electrons. The van der Waals surface area contributed by atoms with Gasteiger partial charge in [0.2, 0.25) is 0 Å². The number of pyridine rings is 1. The molecule has 0 bridgehead atoms. The smallest absolute Gasteiger partial charge is 0.0300 e. The average Bonchev–Trinajstić information content (AvgIpc) is 2.44. The number of rotatable bonds is 6. The zero-order valence-corrected chi connectivity index (χ0v) is 11.3. The van der Waals surface area contributed by atoms with E-state index >= 15 is 0 Å². The summed E-state index contributed by atoms with van der Waals surface area (Å²) >= 11 is 0. The predicted molar refractivity (Wildman–Crippen MR) is 78.6 cm³/mol. The van der Waals surface area contributed by atoms with Gasteiger partial charge >= 0.3 is 0 Å². The quantitative estimate of drug-likeness (QED) is 0.615. The molecule has 1 atom stereocenters. The van der Waals surface area contributed by atoms with E-state index in [4.69, 9.17) is 5.84 Å². The number of nitrogens with two attached hydrogens (primary N) is 1. The van der Waals surface area contributed by atoms with Gasteiger partial charge in [-0.1, -0.05) is 35.9 Å². The molecule has 0 saturated carbocycles. The first kappa shape index (κ1) is 13.7. The van der Waals surface area contributed by atoms with Crippen molar-refractivity contribution < 1.29 is 0 Å². The largest absolute Gasteiger partial charge is 0.271 e. The molecule has 3 nitrogen and oxygen atoms in total. The Morgan fingerprint density at radius 1 is 1.21 bits per heavy atom. The molecule has 0 spiro atoms. The molecule has 0 fully saturated rings. The van der Waals surface area contributed by atoms with E-state index in [2.05, 4.69) is 47.7 Å². The Morgan fingerprint density at radius 3 is 2.74 bits per heavy atom. The van der Waals surface area contributed by atoms with Gasteiger partial charge in [0.15, 0.2) is 0 Å². The van der Waals surface area contributed by atoms with Gasteiger partial charge in [-0.25, -0.2) is 0 Å². The number of aromatic nitrogens is 1. The van der Waals surface area contributed by atoms with Crippen LogP contribution in [0.1, 0.15) is 23.1 Å². The third-order valence-corrected chi connectivity index (χ3v) is 3.30. The Hall–Kier alpha value is -1.71. The third-order valence-electron chi connectivity index (χ3n) is 3.30. The van der Waals surface area contributed by atoms with Crippen LogP contribution in [0.5, 0.6) is 0 Å². The van der Waals surface area contributed by atoms with Crippen LogP contribution >= 0.6 is 0 Å². The van der Waals surface area contributed by atoms with Gasteiger partial charge < -0.3 is 0 Å². The molecular formula is C16H21N3. The van der Waals surface area contributed by atoms with Gasteiger partial charge in [-0.2, -0.15) is 0 Å². The molecule has 2 aromatic rings. The summed E-state index contributed by atoms with van der Waals surface area (Å²) < 4.78 is 0. The number of hydrogen-bond donors (Lipinski definition) is 2. The van der Waals surface area contributed by atoms with E-state index in [1.165, 1.54) is 16.7 Å². The van der Waals surface area contributed by atoms with E-state index in [1.807, 2.05) is 12.3 Å². The zero-order chi connectivity index (χ0) is 13.5. The van der Waals surface area contributed by atoms with Crippen LogP contribution in [-0.2, 0) is 12.8 Å². The Kier molecular flexibility index (Phi) is 5.07. The fourth-order valence-electron chi connectivity index (χ4n) is 2.26. The van der Waals surface area contributed by atoms with E-state index in [9.17, 15) is 0 Å². The second kappa shape index (κ2) is 7.02. The molecule has 1 heterocycles. The maximum absolute atomic E-state index is 5.64. The standard InChI is InChI=1S/C16H21N3/c1-13-4-2-5-14(10-13)7-8-16(19-17)11-15-6-3-9-18-12-15/h2-6,9-10,12,16,19H,7-8,11,17H2,1H3. The van der Waals surface area contributed by atoms with Crippen LogP contribution in [0.2, 0.25) is 0 Å². The number of benzene rings is 1. The molecule has 0 radical (unpaired) electrons. The molecule has 3 heteroatoms. The molecule has 0 aliphatic carbocycles. The van der Waals surface area contributed by atoms with Crippen molar-refractivity contribution in [2.45, 2.75) is 32.2 Å². The molecule has 3 N–H and O–H groups in total. The number of nitrogens with one attached hydrogen (secondary N) is 1. The minimum absolute atomic E-state index is 0.282. The first-order chi connectivity index (χ1) is 9.28. The lowest BCUT2D eigenvalue weighted by Gasteiger charge is -2.15. The summed E-state index contributed by atoms with van der Waals surface area (Å²) in [7, 11) is 0. The van der Waals surface area contributed by atoms with E-state index < -0.39 is 0 Å². The van der Waals surface area contributed by atoms with Crippen molar-refractivity contribution in [3.63, 3.8) is 0 Å². The van der Waals surface area contributed by atoms with Gasteiger partial charge in [0, 0.05) is 18.4 Å². The number of hydrogen-bond acceptors (Lipinski definition) is 3. The molecule has 1 aromatic heterocycles. The van der Waals surface area contributed by atoms with Gasteiger partial charge in [0.05, 0.1) is 0 Å². The van der Waals surface area contributed by atoms with Crippen LogP contribution in [0, 0.1) is 6.92 Å². The van der Waals surface area contributed by atoms with Crippen LogP contribution in [0.4, 0.5) is 0 Å². The Labute approximate surface area is 114 Å². The van der Waals surface area contributed by atoms with Crippen molar-refractivity contribution in [3.05, 3.63) is 65.5 Å². The van der Waals surface area contributed by atoms with Gasteiger partial charge in [-0.3, -0.25) is 16.3 Å². The highest BCUT2D eigenvalue weighted by Crippen LogP contribution is 2.10. The lowest BCUT2D eigenvalue weighted by molar-refractivity contribution is 0.491. The van der Waals surface area contributed by atoms with Gasteiger partial charge in [-0.05, 0) is 43.4 Å². The van der Waals surface area contributed by atoms with Gasteiger partial charge in [-0.15, -0.1) is 0 Å². The summed E-state index contributed by atoms with van der Waals surface area (Å²) in [4.78, 5) is 4.13. The molecule has 0 saturated heterocycles. The molecule has 1 aromatic carbocycles. The summed E-state index contributed by atoms with van der Waals surface area (Å²) in [6.07, 6.45) is 6.67. The monoisotopic (exact) mass is 255 g/mol. The third kappa shape index (κ3) is 4.47. The van der Waals surface area contributed by atoms with E-state index in [0.717, 1.165) is 19.3 Å². The highest BCUT2D eigenvalue weighted by molar-refractivity contribution is 5.22. The lowest BCUT2D eigenvalue weighted by Crippen LogP contribution is -2.37. The van der Waals surface area contributed by atoms with Gasteiger partial charge in [0.1, 0.15) is 0 Å². The normalized spacial score (nSPS) is 12.3. The van der Waals surface area contributed by atoms with Gasteiger partial charge in [0.25, 0.3) is 0 Å². The lowest BCUT2D eigenvalue weighted by atomic mass is 9.99. The van der Waals surface area contributed by atoms with Crippen molar-refractivity contribution in [1.29, 1.82) is 0 Å². The first-order valence-electron chi connectivity index (χ1n) is 6.68. The minimum atomic E-state index is 0.282. The molecule has 0 amide bonds. The predicted octanol–water partition coefficient (Wildman–Crippen LogP) is 2.40. The minimum Gasteiger partial charge on any atom is -0.271 e. The van der Waals surface area contributed by atoms with Crippen molar-refractivity contribution in [1.82, 2.24) is 10.4 Å². The highest BCUT2D eigenvalue weighted by atomic mass is 15.2. The summed E-state index contributed by atoms with van der Waals surface area (Å²) in [6.45, 7) is 2.12. The first-order valence-corrected chi connectivity index (χ1v) is 6.68. The molecular weight excluding hydrogens is 234 g/mol. The maximum Gasteiger partial charge on any atom is 0.0300 e. The SMILES string of the molecule is Cc1cccc(CCC(Cc2cccnc2)NN)c1. The number of nitrogens with zero attached hydrogens (tertiary/aromatic N) is 1. The molecule has 0 aliphatic rings. The highest BCUT2D eigenvalue weighted by Gasteiger charge is 2.08. The van der Waals surface area contributed by atoms with Crippen LogP contribution in [0.15, 0.2) is 48.8 Å². The van der Waals surface area contributed by atoms with Crippen LogP contribution in [-0.4, -0.2) is 11.0 Å². The molecule has 0 aliphatic heterocycles. The number of hydrazine groups is 1. The Balaban J connectivity index is 1.89. The summed E-state index contributed by atoms with van der Waals surface area (Å²) in [5.74, 6) is 5.64. The Bertz CT molecular complexity index is 496. The second-order valence-corrected chi connectivity index (χ2v) is 4.96. The van der Waals surface area contributed by atoms with Crippen molar-refractivity contribution in [2.75, 3.05) is 0 Å².